The van der Waals surface area contributed by atoms with Gasteiger partial charge in [-0.2, -0.15) is 10.5 Å². The van der Waals surface area contributed by atoms with Gasteiger partial charge in [0, 0.05) is 25.2 Å². The second kappa shape index (κ2) is 9.85. The molecular weight excluding hydrogens is 242 g/mol. The van der Waals surface area contributed by atoms with Crippen molar-refractivity contribution >= 4 is 0 Å². The van der Waals surface area contributed by atoms with Crippen LogP contribution in [0.2, 0.25) is 0 Å². The quantitative estimate of drug-likeness (QED) is 0.656. The molecule has 0 amide bonds. The van der Waals surface area contributed by atoms with E-state index in [1.54, 1.807) is 12.4 Å². The Hall–Kier alpha value is -2.14. The molecule has 1 N–H and O–H groups in total. The van der Waals surface area contributed by atoms with E-state index in [0.717, 1.165) is 25.7 Å². The van der Waals surface area contributed by atoms with Gasteiger partial charge >= 0.3 is 0 Å². The molecule has 0 saturated heterocycles. The van der Waals surface area contributed by atoms with Crippen molar-refractivity contribution in [1.29, 1.82) is 10.5 Å². The van der Waals surface area contributed by atoms with Crippen LogP contribution >= 0.6 is 0 Å². The molecule has 0 radical (unpaired) electrons. The van der Waals surface area contributed by atoms with Crippen LogP contribution in [0.3, 0.4) is 0 Å². The number of aromatic nitrogens is 1. The largest absolute Gasteiger partial charge is 0.488 e. The van der Waals surface area contributed by atoms with Crippen LogP contribution in [0.15, 0.2) is 12.4 Å². The number of ether oxygens (including phenoxy) is 2. The third-order valence-electron chi connectivity index (χ3n) is 2.55. The van der Waals surface area contributed by atoms with E-state index < -0.39 is 0 Å². The van der Waals surface area contributed by atoms with Gasteiger partial charge < -0.3 is 14.5 Å². The van der Waals surface area contributed by atoms with Gasteiger partial charge in [-0.15, -0.1) is 0 Å². The van der Waals surface area contributed by atoms with E-state index >= 15 is 0 Å². The number of rotatable bonds is 10. The van der Waals surface area contributed by atoms with Crippen LogP contribution in [-0.2, 0) is 0 Å². The van der Waals surface area contributed by atoms with Crippen molar-refractivity contribution in [2.45, 2.75) is 38.5 Å². The first-order chi connectivity index (χ1) is 9.38. The summed E-state index contributed by atoms with van der Waals surface area (Å²) in [7, 11) is 0. The maximum atomic E-state index is 8.42. The maximum Gasteiger partial charge on any atom is 0.178 e. The number of nitrogens with zero attached hydrogens (tertiary/aromatic N) is 2. The van der Waals surface area contributed by atoms with E-state index in [-0.39, 0.29) is 0 Å². The summed E-state index contributed by atoms with van der Waals surface area (Å²) in [5.41, 5.74) is 0. The molecule has 0 aliphatic heterocycles. The minimum Gasteiger partial charge on any atom is -0.488 e. The molecule has 1 aromatic heterocycles. The number of H-pyrrole nitrogens is 1. The summed E-state index contributed by atoms with van der Waals surface area (Å²) in [5, 5.41) is 16.8. The molecule has 1 aromatic rings. The van der Waals surface area contributed by atoms with Gasteiger partial charge in [0.15, 0.2) is 11.5 Å². The molecule has 0 bridgehead atoms. The lowest BCUT2D eigenvalue weighted by molar-refractivity contribution is 0.263. The minimum absolute atomic E-state index is 0.568. The fourth-order valence-electron chi connectivity index (χ4n) is 1.54. The lowest BCUT2D eigenvalue weighted by atomic mass is 10.2. The lowest BCUT2D eigenvalue weighted by Crippen LogP contribution is -2.00. The number of nitrogens with one attached hydrogen (secondary N) is 1. The zero-order valence-electron chi connectivity index (χ0n) is 11.0. The first-order valence-corrected chi connectivity index (χ1v) is 6.54. The fourth-order valence-corrected chi connectivity index (χ4v) is 1.54. The predicted molar refractivity (Wildman–Crippen MR) is 70.7 cm³/mol. The Balaban J connectivity index is 2.19. The van der Waals surface area contributed by atoms with Crippen LogP contribution < -0.4 is 9.47 Å². The molecule has 1 rings (SSSR count). The number of aromatic amines is 1. The van der Waals surface area contributed by atoms with E-state index in [1.165, 1.54) is 0 Å². The van der Waals surface area contributed by atoms with Gasteiger partial charge in [-0.25, -0.2) is 0 Å². The second-order valence-electron chi connectivity index (χ2n) is 4.11. The Morgan fingerprint density at radius 1 is 0.842 bits per heavy atom. The maximum absolute atomic E-state index is 8.42. The molecule has 0 saturated carbocycles. The average Bonchev–Trinajstić information content (AvgIpc) is 2.86. The summed E-state index contributed by atoms with van der Waals surface area (Å²) in [6.07, 6.45) is 8.08. The zero-order valence-corrected chi connectivity index (χ0v) is 11.0. The molecular formula is C14H19N3O2. The van der Waals surface area contributed by atoms with Crippen LogP contribution in [0.4, 0.5) is 0 Å². The van der Waals surface area contributed by atoms with E-state index in [4.69, 9.17) is 20.0 Å². The predicted octanol–water partition coefficient (Wildman–Crippen LogP) is 3.16. The van der Waals surface area contributed by atoms with E-state index in [9.17, 15) is 0 Å². The van der Waals surface area contributed by atoms with Crippen LogP contribution in [0.1, 0.15) is 38.5 Å². The first kappa shape index (κ1) is 14.9. The summed E-state index contributed by atoms with van der Waals surface area (Å²) in [5.74, 6) is 1.41. The highest BCUT2D eigenvalue weighted by Gasteiger charge is 2.05. The van der Waals surface area contributed by atoms with Crippen LogP contribution in [0.5, 0.6) is 11.5 Å². The second-order valence-corrected chi connectivity index (χ2v) is 4.11. The monoisotopic (exact) mass is 261 g/mol. The summed E-state index contributed by atoms with van der Waals surface area (Å²) in [6, 6.07) is 4.22. The highest BCUT2D eigenvalue weighted by atomic mass is 16.5. The van der Waals surface area contributed by atoms with Gasteiger partial charge in [-0.3, -0.25) is 0 Å². The Morgan fingerprint density at radius 3 is 1.74 bits per heavy atom. The normalized spacial score (nSPS) is 9.58. The molecule has 5 heteroatoms. The lowest BCUT2D eigenvalue weighted by Gasteiger charge is -2.08. The number of unbranched alkanes of at least 4 members (excludes halogenated alkanes) is 4. The average molecular weight is 261 g/mol. The molecule has 102 valence electrons. The smallest absolute Gasteiger partial charge is 0.178 e. The summed E-state index contributed by atoms with van der Waals surface area (Å²) in [4.78, 5) is 2.95. The van der Waals surface area contributed by atoms with Crippen molar-refractivity contribution in [3.8, 4) is 23.6 Å². The van der Waals surface area contributed by atoms with Crippen molar-refractivity contribution in [1.82, 2.24) is 4.98 Å². The topological polar surface area (TPSA) is 81.8 Å². The van der Waals surface area contributed by atoms with Crippen LogP contribution in [0.25, 0.3) is 0 Å². The van der Waals surface area contributed by atoms with Gasteiger partial charge in [-0.05, 0) is 25.7 Å². The van der Waals surface area contributed by atoms with Crippen molar-refractivity contribution in [2.75, 3.05) is 13.2 Å². The molecule has 0 atom stereocenters. The third-order valence-corrected chi connectivity index (χ3v) is 2.55. The van der Waals surface area contributed by atoms with Crippen molar-refractivity contribution in [3.05, 3.63) is 12.4 Å². The molecule has 0 aliphatic carbocycles. The number of hydrogen-bond donors (Lipinski definition) is 1. The SMILES string of the molecule is N#CCCCCOc1c[nH]cc1OCCCCC#N. The third kappa shape index (κ3) is 6.38. The Kier molecular flexibility index (Phi) is 7.73. The highest BCUT2D eigenvalue weighted by Crippen LogP contribution is 2.26. The minimum atomic E-state index is 0.568. The summed E-state index contributed by atoms with van der Waals surface area (Å²) in [6.45, 7) is 1.18. The summed E-state index contributed by atoms with van der Waals surface area (Å²) >= 11 is 0. The van der Waals surface area contributed by atoms with Gasteiger partial charge in [0.2, 0.25) is 0 Å². The van der Waals surface area contributed by atoms with Gasteiger partial charge in [0.1, 0.15) is 0 Å². The van der Waals surface area contributed by atoms with Crippen molar-refractivity contribution < 1.29 is 9.47 Å². The standard InChI is InChI=1S/C14H19N3O2/c15-7-3-1-5-9-18-13-11-17-12-14(13)19-10-6-2-4-8-16/h11-12,17H,1-6,9-10H2. The number of nitriles is 2. The van der Waals surface area contributed by atoms with Gasteiger partial charge in [0.05, 0.1) is 25.4 Å². The fraction of sp³-hybridized carbons (Fsp3) is 0.571. The highest BCUT2D eigenvalue weighted by molar-refractivity contribution is 5.36. The molecule has 0 aromatic carbocycles. The van der Waals surface area contributed by atoms with Crippen LogP contribution in [0, 0.1) is 22.7 Å². The van der Waals surface area contributed by atoms with E-state index in [0.29, 0.717) is 37.6 Å². The Bertz CT molecular complexity index is 390. The molecule has 0 spiro atoms. The Labute approximate surface area is 113 Å². The molecule has 1 heterocycles. The molecule has 0 unspecified atom stereocenters. The Morgan fingerprint density at radius 2 is 1.32 bits per heavy atom. The summed E-state index contributed by atoms with van der Waals surface area (Å²) < 4.78 is 11.2. The first-order valence-electron chi connectivity index (χ1n) is 6.54. The van der Waals surface area contributed by atoms with Gasteiger partial charge in [-0.1, -0.05) is 0 Å². The number of hydrogen-bond acceptors (Lipinski definition) is 4. The molecule has 5 nitrogen and oxygen atoms in total. The molecule has 0 aliphatic rings. The molecule has 19 heavy (non-hydrogen) atoms. The van der Waals surface area contributed by atoms with Gasteiger partial charge in [0.25, 0.3) is 0 Å². The van der Waals surface area contributed by atoms with E-state index in [1.807, 2.05) is 0 Å². The molecule has 0 fully saturated rings. The van der Waals surface area contributed by atoms with Crippen molar-refractivity contribution in [3.63, 3.8) is 0 Å². The van der Waals surface area contributed by atoms with Crippen LogP contribution in [-0.4, -0.2) is 18.2 Å². The zero-order chi connectivity index (χ0) is 13.8. The van der Waals surface area contributed by atoms with E-state index in [2.05, 4.69) is 17.1 Å². The van der Waals surface area contributed by atoms with Crippen molar-refractivity contribution in [2.24, 2.45) is 0 Å².